The zero-order chi connectivity index (χ0) is 18.1. The molecule has 2 aromatic carbocycles. The molecule has 0 atom stereocenters. The van der Waals surface area contributed by atoms with Crippen LogP contribution in [0.15, 0.2) is 58.2 Å². The number of aromatic nitrogens is 4. The molecule has 2 aromatic heterocycles. The molecule has 0 aliphatic rings. The molecule has 0 aliphatic carbocycles. The van der Waals surface area contributed by atoms with Crippen molar-refractivity contribution in [2.45, 2.75) is 18.6 Å². The topological polar surface area (TPSA) is 60.7 Å². The van der Waals surface area contributed by atoms with E-state index in [4.69, 9.17) is 0 Å². The number of nitrogens with zero attached hydrogens (tertiary/aromatic N) is 4. The monoisotopic (exact) mass is 426 g/mol. The fourth-order valence-corrected chi connectivity index (χ4v) is 3.86. The zero-order valence-corrected chi connectivity index (χ0v) is 16.4. The zero-order valence-electron chi connectivity index (χ0n) is 14.0. The minimum Gasteiger partial charge on any atom is -0.324 e. The molecule has 130 valence electrons. The van der Waals surface area contributed by atoms with Crippen LogP contribution in [0.5, 0.6) is 0 Å². The third-order valence-electron chi connectivity index (χ3n) is 4.17. The maximum absolute atomic E-state index is 12.3. The molecule has 7 heteroatoms. The highest BCUT2D eigenvalue weighted by molar-refractivity contribution is 9.10. The number of hydrogen-bond acceptors (Lipinski definition) is 5. The number of hydrogen-bond donors (Lipinski definition) is 0. The third-order valence-corrected chi connectivity index (χ3v) is 5.54. The van der Waals surface area contributed by atoms with Crippen molar-refractivity contribution in [3.05, 3.63) is 58.6 Å². The van der Waals surface area contributed by atoms with Crippen LogP contribution in [-0.2, 0) is 6.54 Å². The summed E-state index contributed by atoms with van der Waals surface area (Å²) >= 11 is 4.69. The quantitative estimate of drug-likeness (QED) is 0.340. The Hall–Kier alpha value is -2.25. The molecule has 26 heavy (non-hydrogen) atoms. The highest BCUT2D eigenvalue weighted by atomic mass is 79.9. The lowest BCUT2D eigenvalue weighted by Gasteiger charge is -2.03. The van der Waals surface area contributed by atoms with Gasteiger partial charge in [0.1, 0.15) is 5.52 Å². The maximum Gasteiger partial charge on any atom is 0.211 e. The van der Waals surface area contributed by atoms with E-state index < -0.39 is 0 Å². The number of carbonyl (C=O) groups is 1. The van der Waals surface area contributed by atoms with Crippen LogP contribution >= 0.6 is 27.7 Å². The fourth-order valence-electron chi connectivity index (χ4n) is 2.92. The van der Waals surface area contributed by atoms with Gasteiger partial charge in [0.05, 0.1) is 11.3 Å². The Bertz CT molecular complexity index is 1110. The van der Waals surface area contributed by atoms with Crippen molar-refractivity contribution in [1.82, 2.24) is 19.7 Å². The molecule has 0 unspecified atom stereocenters. The Morgan fingerprint density at radius 1 is 1.12 bits per heavy atom. The van der Waals surface area contributed by atoms with E-state index in [0.29, 0.717) is 10.7 Å². The normalized spacial score (nSPS) is 11.3. The number of carbonyl (C=O) groups excluding carboxylic acids is 1. The van der Waals surface area contributed by atoms with Crippen molar-refractivity contribution in [3.63, 3.8) is 0 Å². The molecule has 5 nitrogen and oxygen atoms in total. The van der Waals surface area contributed by atoms with Crippen molar-refractivity contribution >= 4 is 55.5 Å². The molecule has 0 fully saturated rings. The first-order valence-corrected chi connectivity index (χ1v) is 9.98. The minimum atomic E-state index is 0.0437. The Balaban J connectivity index is 1.62. The molecule has 0 aliphatic heterocycles. The second-order valence-electron chi connectivity index (χ2n) is 5.75. The molecule has 4 aromatic rings. The van der Waals surface area contributed by atoms with Crippen LogP contribution < -0.4 is 0 Å². The smallest absolute Gasteiger partial charge is 0.211 e. The summed E-state index contributed by atoms with van der Waals surface area (Å²) in [6, 6.07) is 15.4. The van der Waals surface area contributed by atoms with Gasteiger partial charge in [-0.1, -0.05) is 58.0 Å². The van der Waals surface area contributed by atoms with Crippen LogP contribution in [0.25, 0.3) is 22.1 Å². The van der Waals surface area contributed by atoms with Crippen LogP contribution in [-0.4, -0.2) is 31.3 Å². The predicted octanol–water partition coefficient (Wildman–Crippen LogP) is 4.74. The number of aryl methyl sites for hydroxylation is 1. The van der Waals surface area contributed by atoms with E-state index >= 15 is 0 Å². The standard InChI is InChI=1S/C19H15BrN4OS/c1-2-24-15-6-4-3-5-14(15)17-18(24)21-19(23-22-17)26-11-16(25)12-7-9-13(20)10-8-12/h3-10H,2,11H2,1H3. The van der Waals surface area contributed by atoms with Gasteiger partial charge in [-0.25, -0.2) is 4.98 Å². The second kappa shape index (κ2) is 7.17. The molecular formula is C19H15BrN4OS. The molecular weight excluding hydrogens is 412 g/mol. The molecule has 4 rings (SSSR count). The first-order chi connectivity index (χ1) is 12.7. The third kappa shape index (κ3) is 3.12. The van der Waals surface area contributed by atoms with Crippen molar-refractivity contribution in [2.24, 2.45) is 0 Å². The van der Waals surface area contributed by atoms with E-state index in [-0.39, 0.29) is 11.5 Å². The van der Waals surface area contributed by atoms with Crippen molar-refractivity contribution in [1.29, 1.82) is 0 Å². The minimum absolute atomic E-state index is 0.0437. The largest absolute Gasteiger partial charge is 0.324 e. The summed E-state index contributed by atoms with van der Waals surface area (Å²) in [5.41, 5.74) is 3.38. The Morgan fingerprint density at radius 3 is 2.65 bits per heavy atom. The predicted molar refractivity (Wildman–Crippen MR) is 108 cm³/mol. The fraction of sp³-hybridized carbons (Fsp3) is 0.158. The maximum atomic E-state index is 12.3. The molecule has 0 saturated heterocycles. The van der Waals surface area contributed by atoms with Gasteiger partial charge < -0.3 is 4.57 Å². The summed E-state index contributed by atoms with van der Waals surface area (Å²) in [5, 5.41) is 10.1. The lowest BCUT2D eigenvalue weighted by Crippen LogP contribution is -2.04. The van der Waals surface area contributed by atoms with Gasteiger partial charge in [0.25, 0.3) is 0 Å². The van der Waals surface area contributed by atoms with Gasteiger partial charge in [-0.15, -0.1) is 10.2 Å². The Labute approximate surface area is 163 Å². The molecule has 2 heterocycles. The molecule has 0 radical (unpaired) electrons. The van der Waals surface area contributed by atoms with Gasteiger partial charge in [-0.05, 0) is 25.1 Å². The van der Waals surface area contributed by atoms with Crippen molar-refractivity contribution < 1.29 is 4.79 Å². The number of Topliss-reactive ketones (excluding diaryl/α,β-unsaturated/α-hetero) is 1. The van der Waals surface area contributed by atoms with E-state index in [9.17, 15) is 4.79 Å². The number of para-hydroxylation sites is 1. The Morgan fingerprint density at radius 2 is 1.88 bits per heavy atom. The van der Waals surface area contributed by atoms with Crippen molar-refractivity contribution in [2.75, 3.05) is 5.75 Å². The highest BCUT2D eigenvalue weighted by Crippen LogP contribution is 2.27. The summed E-state index contributed by atoms with van der Waals surface area (Å²) in [6.45, 7) is 2.88. The number of thioether (sulfide) groups is 1. The molecule has 0 N–H and O–H groups in total. The number of halogens is 1. The van der Waals surface area contributed by atoms with Crippen molar-refractivity contribution in [3.8, 4) is 0 Å². The van der Waals surface area contributed by atoms with E-state index in [1.807, 2.05) is 42.5 Å². The van der Waals surface area contributed by atoms with E-state index in [2.05, 4.69) is 48.7 Å². The highest BCUT2D eigenvalue weighted by Gasteiger charge is 2.14. The SMILES string of the molecule is CCn1c2ccccc2c2nnc(SCC(=O)c3ccc(Br)cc3)nc21. The molecule has 0 spiro atoms. The molecule has 0 bridgehead atoms. The Kier molecular flexibility index (Phi) is 4.74. The summed E-state index contributed by atoms with van der Waals surface area (Å²) in [5.74, 6) is 0.323. The number of ketones is 1. The first-order valence-electron chi connectivity index (χ1n) is 8.20. The molecule has 0 saturated carbocycles. The summed E-state index contributed by atoms with van der Waals surface area (Å²) in [6.07, 6.45) is 0. The van der Waals surface area contributed by atoms with Crippen LogP contribution in [0, 0.1) is 0 Å². The van der Waals surface area contributed by atoms with Crippen LogP contribution in [0.1, 0.15) is 17.3 Å². The van der Waals surface area contributed by atoms with E-state index in [1.54, 1.807) is 0 Å². The molecule has 0 amide bonds. The van der Waals surface area contributed by atoms with Crippen LogP contribution in [0.2, 0.25) is 0 Å². The average molecular weight is 427 g/mol. The summed E-state index contributed by atoms with van der Waals surface area (Å²) < 4.78 is 3.08. The first kappa shape index (κ1) is 17.2. The average Bonchev–Trinajstić information content (AvgIpc) is 2.99. The lowest BCUT2D eigenvalue weighted by atomic mass is 10.2. The van der Waals surface area contributed by atoms with Gasteiger partial charge in [-0.3, -0.25) is 4.79 Å². The second-order valence-corrected chi connectivity index (χ2v) is 7.60. The van der Waals surface area contributed by atoms with E-state index in [0.717, 1.165) is 33.1 Å². The van der Waals surface area contributed by atoms with Gasteiger partial charge in [-0.2, -0.15) is 0 Å². The number of rotatable bonds is 5. The van der Waals surface area contributed by atoms with Crippen LogP contribution in [0.3, 0.4) is 0 Å². The number of fused-ring (bicyclic) bond motifs is 3. The van der Waals surface area contributed by atoms with Gasteiger partial charge in [0, 0.05) is 22.0 Å². The van der Waals surface area contributed by atoms with Gasteiger partial charge in [0.15, 0.2) is 11.4 Å². The number of benzene rings is 2. The summed E-state index contributed by atoms with van der Waals surface area (Å²) in [4.78, 5) is 17.0. The van der Waals surface area contributed by atoms with E-state index in [1.165, 1.54) is 11.8 Å². The lowest BCUT2D eigenvalue weighted by molar-refractivity contribution is 0.102. The van der Waals surface area contributed by atoms with Gasteiger partial charge >= 0.3 is 0 Å². The van der Waals surface area contributed by atoms with Crippen LogP contribution in [0.4, 0.5) is 0 Å². The summed E-state index contributed by atoms with van der Waals surface area (Å²) in [7, 11) is 0. The van der Waals surface area contributed by atoms with Gasteiger partial charge in [0.2, 0.25) is 5.16 Å².